The molecule has 0 saturated heterocycles. The Balaban J connectivity index is 1.99. The molecule has 1 aromatic carbocycles. The van der Waals surface area contributed by atoms with E-state index < -0.39 is 0 Å². The number of hydrogen-bond acceptors (Lipinski definition) is 2. The molecule has 3 nitrogen and oxygen atoms in total. The summed E-state index contributed by atoms with van der Waals surface area (Å²) < 4.78 is 0. The highest BCUT2D eigenvalue weighted by Crippen LogP contribution is 2.26. The first-order valence-electron chi connectivity index (χ1n) is 7.54. The number of benzene rings is 1. The van der Waals surface area contributed by atoms with E-state index in [2.05, 4.69) is 18.3 Å². The number of hydrogen-bond donors (Lipinski definition) is 1. The van der Waals surface area contributed by atoms with Crippen LogP contribution in [0.3, 0.4) is 0 Å². The second-order valence-electron chi connectivity index (χ2n) is 5.53. The van der Waals surface area contributed by atoms with Gasteiger partial charge >= 0.3 is 0 Å². The van der Waals surface area contributed by atoms with E-state index in [0.29, 0.717) is 11.5 Å². The summed E-state index contributed by atoms with van der Waals surface area (Å²) in [4.78, 5) is 12.2. The molecule has 20 heavy (non-hydrogen) atoms. The summed E-state index contributed by atoms with van der Waals surface area (Å²) in [5.74, 6) is 0.178. The zero-order valence-electron chi connectivity index (χ0n) is 12.1. The summed E-state index contributed by atoms with van der Waals surface area (Å²) in [7, 11) is 0. The largest absolute Gasteiger partial charge is 0.336 e. The third-order valence-electron chi connectivity index (χ3n) is 4.17. The van der Waals surface area contributed by atoms with Crippen molar-refractivity contribution in [3.8, 4) is 6.07 Å². The zero-order valence-corrected chi connectivity index (χ0v) is 12.1. The zero-order chi connectivity index (χ0) is 14.4. The van der Waals surface area contributed by atoms with Crippen LogP contribution in [0.4, 0.5) is 0 Å². The maximum Gasteiger partial charge on any atom is 0.252 e. The Morgan fingerprint density at radius 3 is 2.50 bits per heavy atom. The third-order valence-corrected chi connectivity index (χ3v) is 4.17. The fourth-order valence-corrected chi connectivity index (χ4v) is 2.84. The summed E-state index contributed by atoms with van der Waals surface area (Å²) in [6.45, 7) is 2.09. The quantitative estimate of drug-likeness (QED) is 0.911. The fraction of sp³-hybridized carbons (Fsp3) is 0.529. The molecular weight excluding hydrogens is 248 g/mol. The molecule has 1 aliphatic carbocycles. The van der Waals surface area contributed by atoms with Crippen molar-refractivity contribution in [3.63, 3.8) is 0 Å². The van der Waals surface area contributed by atoms with Gasteiger partial charge < -0.3 is 5.32 Å². The van der Waals surface area contributed by atoms with Gasteiger partial charge in [-0.2, -0.15) is 5.26 Å². The molecule has 0 aliphatic heterocycles. The first kappa shape index (κ1) is 14.6. The van der Waals surface area contributed by atoms with Crippen LogP contribution >= 0.6 is 0 Å². The van der Waals surface area contributed by atoms with Gasteiger partial charge in [0.25, 0.3) is 5.91 Å². The summed E-state index contributed by atoms with van der Waals surface area (Å²) in [6, 6.07) is 9.52. The molecule has 1 aromatic rings. The van der Waals surface area contributed by atoms with Crippen molar-refractivity contribution < 1.29 is 4.79 Å². The van der Waals surface area contributed by atoms with E-state index in [-0.39, 0.29) is 11.9 Å². The first-order valence-corrected chi connectivity index (χ1v) is 7.54. The Kier molecular flexibility index (Phi) is 5.17. The van der Waals surface area contributed by atoms with Gasteiger partial charge in [-0.25, -0.2) is 0 Å². The van der Waals surface area contributed by atoms with Crippen LogP contribution in [0.5, 0.6) is 0 Å². The van der Waals surface area contributed by atoms with Gasteiger partial charge in [-0.15, -0.1) is 0 Å². The van der Waals surface area contributed by atoms with Crippen LogP contribution in [0.2, 0.25) is 0 Å². The molecule has 0 heterocycles. The molecule has 1 aliphatic rings. The Morgan fingerprint density at radius 1 is 1.30 bits per heavy atom. The van der Waals surface area contributed by atoms with E-state index in [9.17, 15) is 10.1 Å². The van der Waals surface area contributed by atoms with Crippen molar-refractivity contribution >= 4 is 5.91 Å². The van der Waals surface area contributed by atoms with Crippen molar-refractivity contribution in [2.45, 2.75) is 51.5 Å². The molecule has 1 N–H and O–H groups in total. The first-order chi connectivity index (χ1) is 9.74. The third kappa shape index (κ3) is 3.60. The van der Waals surface area contributed by atoms with Crippen molar-refractivity contribution in [1.82, 2.24) is 5.32 Å². The van der Waals surface area contributed by atoms with Crippen LogP contribution in [-0.4, -0.2) is 11.9 Å². The molecule has 106 valence electrons. The van der Waals surface area contributed by atoms with Gasteiger partial charge in [0, 0.05) is 5.56 Å². The molecule has 1 amide bonds. The van der Waals surface area contributed by atoms with Crippen LogP contribution in [0.15, 0.2) is 24.3 Å². The lowest BCUT2D eigenvalue weighted by Crippen LogP contribution is -2.40. The van der Waals surface area contributed by atoms with Crippen molar-refractivity contribution in [2.75, 3.05) is 0 Å². The van der Waals surface area contributed by atoms with Crippen LogP contribution in [0.1, 0.15) is 54.9 Å². The number of carbonyl (C=O) groups excluding carboxylic acids is 1. The molecule has 0 radical (unpaired) electrons. The summed E-state index contributed by atoms with van der Waals surface area (Å²) in [6.07, 6.45) is 6.65. The van der Waals surface area contributed by atoms with E-state index >= 15 is 0 Å². The SMILES string of the molecule is CCc1ccc(C(=O)NC(C#N)C2CCCCC2)cc1. The summed E-state index contributed by atoms with van der Waals surface area (Å²) in [5, 5.41) is 12.2. The molecule has 1 saturated carbocycles. The van der Waals surface area contributed by atoms with Crippen LogP contribution < -0.4 is 5.32 Å². The maximum absolute atomic E-state index is 12.2. The van der Waals surface area contributed by atoms with E-state index in [1.807, 2.05) is 24.3 Å². The predicted octanol–water partition coefficient (Wildman–Crippen LogP) is 3.45. The maximum atomic E-state index is 12.2. The monoisotopic (exact) mass is 270 g/mol. The Morgan fingerprint density at radius 2 is 1.95 bits per heavy atom. The molecule has 1 unspecified atom stereocenters. The minimum atomic E-state index is -0.353. The normalized spacial score (nSPS) is 17.2. The molecule has 0 spiro atoms. The Labute approximate surface area is 121 Å². The van der Waals surface area contributed by atoms with Gasteiger partial charge in [0.1, 0.15) is 6.04 Å². The van der Waals surface area contributed by atoms with Crippen molar-refractivity contribution in [2.24, 2.45) is 5.92 Å². The lowest BCUT2D eigenvalue weighted by Gasteiger charge is -2.26. The smallest absolute Gasteiger partial charge is 0.252 e. The molecular formula is C17H22N2O. The fourth-order valence-electron chi connectivity index (χ4n) is 2.84. The molecule has 3 heteroatoms. The number of nitrogens with one attached hydrogen (secondary N) is 1. The second-order valence-corrected chi connectivity index (χ2v) is 5.53. The van der Waals surface area contributed by atoms with E-state index in [1.54, 1.807) is 0 Å². The Bertz CT molecular complexity index is 481. The van der Waals surface area contributed by atoms with Crippen molar-refractivity contribution in [3.05, 3.63) is 35.4 Å². The number of rotatable bonds is 4. The average molecular weight is 270 g/mol. The molecule has 1 atom stereocenters. The molecule has 0 aromatic heterocycles. The van der Waals surface area contributed by atoms with Gasteiger partial charge in [0.2, 0.25) is 0 Å². The molecule has 0 bridgehead atoms. The van der Waals surface area contributed by atoms with Gasteiger partial charge in [-0.3, -0.25) is 4.79 Å². The van der Waals surface area contributed by atoms with Crippen LogP contribution in [-0.2, 0) is 6.42 Å². The number of carbonyl (C=O) groups is 1. The van der Waals surface area contributed by atoms with Crippen LogP contribution in [0, 0.1) is 17.2 Å². The number of amides is 1. The highest BCUT2D eigenvalue weighted by molar-refractivity contribution is 5.94. The van der Waals surface area contributed by atoms with Gasteiger partial charge in [-0.05, 0) is 42.9 Å². The summed E-state index contributed by atoms with van der Waals surface area (Å²) >= 11 is 0. The van der Waals surface area contributed by atoms with Gasteiger partial charge in [0.05, 0.1) is 6.07 Å². The topological polar surface area (TPSA) is 52.9 Å². The number of nitrogens with zero attached hydrogens (tertiary/aromatic N) is 1. The Hall–Kier alpha value is -1.82. The lowest BCUT2D eigenvalue weighted by atomic mass is 9.84. The highest BCUT2D eigenvalue weighted by atomic mass is 16.1. The minimum absolute atomic E-state index is 0.134. The standard InChI is InChI=1S/C17H22N2O/c1-2-13-8-10-15(11-9-13)17(20)19-16(12-18)14-6-4-3-5-7-14/h8-11,14,16H,2-7H2,1H3,(H,19,20). The number of nitriles is 1. The van der Waals surface area contributed by atoms with E-state index in [0.717, 1.165) is 19.3 Å². The minimum Gasteiger partial charge on any atom is -0.336 e. The van der Waals surface area contributed by atoms with Gasteiger partial charge in [0.15, 0.2) is 0 Å². The summed E-state index contributed by atoms with van der Waals surface area (Å²) in [5.41, 5.74) is 1.85. The van der Waals surface area contributed by atoms with E-state index in [1.165, 1.54) is 24.8 Å². The molecule has 1 fully saturated rings. The number of aryl methyl sites for hydroxylation is 1. The lowest BCUT2D eigenvalue weighted by molar-refractivity contribution is 0.0929. The van der Waals surface area contributed by atoms with Crippen LogP contribution in [0.25, 0.3) is 0 Å². The predicted molar refractivity (Wildman–Crippen MR) is 79.3 cm³/mol. The van der Waals surface area contributed by atoms with E-state index in [4.69, 9.17) is 0 Å². The van der Waals surface area contributed by atoms with Gasteiger partial charge in [-0.1, -0.05) is 38.3 Å². The van der Waals surface area contributed by atoms with Crippen molar-refractivity contribution in [1.29, 1.82) is 5.26 Å². The highest BCUT2D eigenvalue weighted by Gasteiger charge is 2.25. The average Bonchev–Trinajstić information content (AvgIpc) is 2.53. The molecule has 2 rings (SSSR count). The second kappa shape index (κ2) is 7.09.